The van der Waals surface area contributed by atoms with E-state index in [0.29, 0.717) is 17.5 Å². The number of aryl methyl sites for hydroxylation is 1. The lowest BCUT2D eigenvalue weighted by atomic mass is 9.75. The highest BCUT2D eigenvalue weighted by atomic mass is 19.2. The first kappa shape index (κ1) is 17.3. The summed E-state index contributed by atoms with van der Waals surface area (Å²) in [6, 6.07) is 5.34. The van der Waals surface area contributed by atoms with Gasteiger partial charge in [-0.2, -0.15) is 5.10 Å². The lowest BCUT2D eigenvalue weighted by molar-refractivity contribution is -0.00892. The predicted molar refractivity (Wildman–Crippen MR) is 99.3 cm³/mol. The van der Waals surface area contributed by atoms with Crippen LogP contribution in [0.4, 0.5) is 8.78 Å². The van der Waals surface area contributed by atoms with E-state index < -0.39 is 11.6 Å². The Bertz CT molecular complexity index is 856. The molecule has 27 heavy (non-hydrogen) atoms. The maximum Gasteiger partial charge on any atom is 0.162 e. The summed E-state index contributed by atoms with van der Waals surface area (Å²) in [5.74, 6) is -0.728. The van der Waals surface area contributed by atoms with Crippen molar-refractivity contribution in [1.29, 1.82) is 0 Å². The van der Waals surface area contributed by atoms with Gasteiger partial charge in [-0.25, -0.2) is 8.78 Å². The Morgan fingerprint density at radius 3 is 2.63 bits per heavy atom. The molecule has 1 aromatic carbocycles. The molecule has 4 saturated heterocycles. The molecular formula is C21H26F2N4. The molecule has 1 aromatic heterocycles. The minimum atomic E-state index is -0.735. The lowest BCUT2D eigenvalue weighted by Crippen LogP contribution is -2.60. The molecule has 4 nitrogen and oxygen atoms in total. The van der Waals surface area contributed by atoms with Crippen LogP contribution in [0, 0.1) is 24.5 Å². The molecule has 4 aliphatic heterocycles. The van der Waals surface area contributed by atoms with Gasteiger partial charge in [0, 0.05) is 49.4 Å². The van der Waals surface area contributed by atoms with Crippen molar-refractivity contribution in [3.63, 3.8) is 0 Å². The highest BCUT2D eigenvalue weighted by molar-refractivity contribution is 5.30. The highest BCUT2D eigenvalue weighted by Crippen LogP contribution is 2.47. The Kier molecular flexibility index (Phi) is 4.09. The van der Waals surface area contributed by atoms with Crippen molar-refractivity contribution in [2.75, 3.05) is 19.6 Å². The highest BCUT2D eigenvalue weighted by Gasteiger charge is 2.53. The van der Waals surface area contributed by atoms with Crippen molar-refractivity contribution in [3.05, 3.63) is 52.9 Å². The summed E-state index contributed by atoms with van der Waals surface area (Å²) in [6.07, 6.45) is 4.37. The largest absolute Gasteiger partial charge is 0.298 e. The molecular weight excluding hydrogens is 346 g/mol. The van der Waals surface area contributed by atoms with Crippen LogP contribution in [-0.4, -0.2) is 51.3 Å². The van der Waals surface area contributed by atoms with E-state index in [9.17, 15) is 8.78 Å². The first-order valence-electron chi connectivity index (χ1n) is 9.94. The van der Waals surface area contributed by atoms with Crippen molar-refractivity contribution in [3.8, 4) is 0 Å². The number of hydrogen-bond donors (Lipinski definition) is 0. The van der Waals surface area contributed by atoms with Gasteiger partial charge >= 0.3 is 0 Å². The Morgan fingerprint density at radius 2 is 1.93 bits per heavy atom. The number of piperidine rings is 3. The van der Waals surface area contributed by atoms with Gasteiger partial charge in [0.2, 0.25) is 0 Å². The first-order chi connectivity index (χ1) is 13.0. The van der Waals surface area contributed by atoms with Gasteiger partial charge in [0.15, 0.2) is 11.6 Å². The van der Waals surface area contributed by atoms with Crippen LogP contribution in [0.5, 0.6) is 0 Å². The molecule has 4 fully saturated rings. The zero-order valence-electron chi connectivity index (χ0n) is 15.9. The van der Waals surface area contributed by atoms with E-state index in [4.69, 9.17) is 0 Å². The van der Waals surface area contributed by atoms with Crippen LogP contribution in [0.1, 0.15) is 35.6 Å². The van der Waals surface area contributed by atoms with Crippen molar-refractivity contribution < 1.29 is 8.78 Å². The number of benzene rings is 1. The average molecular weight is 372 g/mol. The second kappa shape index (κ2) is 6.38. The average Bonchev–Trinajstić information content (AvgIpc) is 3.22. The Morgan fingerprint density at radius 1 is 1.15 bits per heavy atom. The molecule has 3 atom stereocenters. The number of likely N-dealkylation sites (tertiary alicyclic amines) is 1. The van der Waals surface area contributed by atoms with Crippen LogP contribution in [-0.2, 0) is 13.6 Å². The van der Waals surface area contributed by atoms with E-state index in [1.807, 2.05) is 17.9 Å². The van der Waals surface area contributed by atoms with Crippen LogP contribution in [0.2, 0.25) is 0 Å². The fraction of sp³-hybridized carbons (Fsp3) is 0.571. The Hall–Kier alpha value is -1.79. The number of fused-ring (bicyclic) bond motifs is 2. The zero-order chi connectivity index (χ0) is 18.7. The predicted octanol–water partition coefficient (Wildman–Crippen LogP) is 3.07. The van der Waals surface area contributed by atoms with E-state index in [1.54, 1.807) is 12.1 Å². The molecule has 0 spiro atoms. The molecule has 0 radical (unpaired) electrons. The van der Waals surface area contributed by atoms with Gasteiger partial charge in [0.1, 0.15) is 0 Å². The molecule has 2 aromatic rings. The minimum Gasteiger partial charge on any atom is -0.298 e. The van der Waals surface area contributed by atoms with Gasteiger partial charge in [0.05, 0.1) is 6.20 Å². The molecule has 0 aliphatic carbocycles. The maximum absolute atomic E-state index is 14.7. The quantitative estimate of drug-likeness (QED) is 0.828. The van der Waals surface area contributed by atoms with Crippen LogP contribution in [0.15, 0.2) is 24.4 Å². The van der Waals surface area contributed by atoms with Crippen LogP contribution < -0.4 is 0 Å². The summed E-state index contributed by atoms with van der Waals surface area (Å²) < 4.78 is 30.5. The van der Waals surface area contributed by atoms with E-state index >= 15 is 0 Å². The van der Waals surface area contributed by atoms with Crippen molar-refractivity contribution in [2.24, 2.45) is 13.0 Å². The minimum absolute atomic E-state index is 0.0192. The normalized spacial score (nSPS) is 32.8. The molecule has 4 aliphatic rings. The third kappa shape index (κ3) is 2.64. The van der Waals surface area contributed by atoms with Crippen LogP contribution in [0.25, 0.3) is 0 Å². The Labute approximate surface area is 158 Å². The van der Waals surface area contributed by atoms with E-state index in [-0.39, 0.29) is 12.0 Å². The van der Waals surface area contributed by atoms with Gasteiger partial charge in [0.25, 0.3) is 0 Å². The second-order valence-electron chi connectivity index (χ2n) is 8.41. The van der Waals surface area contributed by atoms with Crippen LogP contribution in [0.3, 0.4) is 0 Å². The third-order valence-corrected chi connectivity index (χ3v) is 7.19. The molecule has 0 saturated carbocycles. The van der Waals surface area contributed by atoms with Gasteiger partial charge < -0.3 is 0 Å². The molecule has 6 rings (SSSR count). The summed E-state index contributed by atoms with van der Waals surface area (Å²) in [6.45, 7) is 5.86. The maximum atomic E-state index is 14.7. The smallest absolute Gasteiger partial charge is 0.162 e. The monoisotopic (exact) mass is 372 g/mol. The van der Waals surface area contributed by atoms with E-state index in [1.165, 1.54) is 30.2 Å². The van der Waals surface area contributed by atoms with Crippen LogP contribution >= 0.6 is 0 Å². The SMILES string of the molecule is Cc1c(CN2C[C@H](c3cccc(F)c3F)[C@H]3[C@@H]2C2CCN3CC2)cnn1C. The summed E-state index contributed by atoms with van der Waals surface area (Å²) >= 11 is 0. The number of hydrogen-bond acceptors (Lipinski definition) is 3. The van der Waals surface area contributed by atoms with Crippen molar-refractivity contribution in [2.45, 2.75) is 44.3 Å². The number of nitrogens with zero attached hydrogens (tertiary/aromatic N) is 4. The number of rotatable bonds is 3. The molecule has 0 unspecified atom stereocenters. The molecule has 2 bridgehead atoms. The lowest BCUT2D eigenvalue weighted by Gasteiger charge is -2.51. The second-order valence-corrected chi connectivity index (χ2v) is 8.41. The number of aromatic nitrogens is 2. The van der Waals surface area contributed by atoms with Gasteiger partial charge in [-0.05, 0) is 50.4 Å². The molecule has 5 heterocycles. The van der Waals surface area contributed by atoms with Crippen molar-refractivity contribution >= 4 is 0 Å². The summed E-state index contributed by atoms with van der Waals surface area (Å²) in [5.41, 5.74) is 2.95. The fourth-order valence-corrected chi connectivity index (χ4v) is 5.72. The molecule has 0 N–H and O–H groups in total. The van der Waals surface area contributed by atoms with Gasteiger partial charge in [-0.1, -0.05) is 12.1 Å². The standard InChI is InChI=1S/C21H26F2N4/c1-13-15(10-24-25(13)2)11-27-12-17(16-4-3-5-18(22)19(16)23)21-20(27)14-6-8-26(21)9-7-14/h3-5,10,14,17,20-21H,6-9,11-12H2,1-2H3/t17-,20+,21+/m1/s1. The molecule has 6 heteroatoms. The molecule has 0 amide bonds. The summed E-state index contributed by atoms with van der Waals surface area (Å²) in [4.78, 5) is 5.04. The van der Waals surface area contributed by atoms with Gasteiger partial charge in [-0.3, -0.25) is 14.5 Å². The third-order valence-electron chi connectivity index (χ3n) is 7.19. The fourth-order valence-electron chi connectivity index (χ4n) is 5.72. The summed E-state index contributed by atoms with van der Waals surface area (Å²) in [5, 5.41) is 4.38. The van der Waals surface area contributed by atoms with E-state index in [2.05, 4.69) is 21.8 Å². The Balaban J connectivity index is 1.52. The van der Waals surface area contributed by atoms with E-state index in [0.717, 1.165) is 26.2 Å². The number of halogens is 2. The van der Waals surface area contributed by atoms with Crippen molar-refractivity contribution in [1.82, 2.24) is 19.6 Å². The topological polar surface area (TPSA) is 24.3 Å². The summed E-state index contributed by atoms with van der Waals surface area (Å²) in [7, 11) is 1.96. The molecule has 144 valence electrons. The van der Waals surface area contributed by atoms with Gasteiger partial charge in [-0.15, -0.1) is 0 Å². The zero-order valence-corrected chi connectivity index (χ0v) is 15.9. The first-order valence-corrected chi connectivity index (χ1v) is 9.94.